The molecule has 58 heavy (non-hydrogen) atoms. The Hall–Kier alpha value is -3.97. The van der Waals surface area contributed by atoms with Crippen LogP contribution in [0, 0.1) is 11.8 Å². The largest absolute Gasteiger partial charge is 0.484 e. The molecule has 6 heterocycles. The predicted octanol–water partition coefficient (Wildman–Crippen LogP) is 7.78. The number of carbonyl (C=O) groups excluding carboxylic acids is 1. The minimum atomic E-state index is -1.21. The van der Waals surface area contributed by atoms with E-state index >= 15 is 0 Å². The zero-order valence-corrected chi connectivity index (χ0v) is 35.3. The summed E-state index contributed by atoms with van der Waals surface area (Å²) in [5.41, 5.74) is 9.41. The molecule has 4 aromatic rings. The van der Waals surface area contributed by atoms with Crippen LogP contribution in [-0.2, 0) is 17.9 Å². The summed E-state index contributed by atoms with van der Waals surface area (Å²) in [4.78, 5) is 25.4. The highest BCUT2D eigenvalue weighted by Gasteiger charge is 2.27. The Morgan fingerprint density at radius 3 is 1.57 bits per heavy atom. The van der Waals surface area contributed by atoms with E-state index in [4.69, 9.17) is 24.7 Å². The number of likely N-dealkylation sites (tertiary alicyclic amines) is 2. The number of halogens is 2. The lowest BCUT2D eigenvalue weighted by Crippen LogP contribution is -2.35. The van der Waals surface area contributed by atoms with Gasteiger partial charge in [-0.2, -0.15) is 0 Å². The van der Waals surface area contributed by atoms with E-state index < -0.39 is 5.60 Å². The smallest absolute Gasteiger partial charge is 0.257 e. The number of pyridine rings is 2. The molecule has 2 aromatic carbocycles. The number of rotatable bonds is 11. The minimum absolute atomic E-state index is 0. The van der Waals surface area contributed by atoms with E-state index in [9.17, 15) is 9.90 Å². The van der Waals surface area contributed by atoms with Crippen molar-refractivity contribution in [3.63, 3.8) is 0 Å². The molecular formula is C45H61Cl2N5O6. The van der Waals surface area contributed by atoms with E-state index in [1.54, 1.807) is 26.2 Å². The minimum Gasteiger partial charge on any atom is -0.484 e. The molecule has 0 aliphatic carbocycles. The molecule has 0 saturated carbocycles. The van der Waals surface area contributed by atoms with Gasteiger partial charge in [0.05, 0.1) is 0 Å². The quantitative estimate of drug-likeness (QED) is 0.154. The number of piperidine rings is 2. The first-order valence-corrected chi connectivity index (χ1v) is 20.3. The average Bonchev–Trinajstić information content (AvgIpc) is 3.23. The third-order valence-corrected chi connectivity index (χ3v) is 11.5. The maximum Gasteiger partial charge on any atom is 0.257 e. The van der Waals surface area contributed by atoms with E-state index in [2.05, 4.69) is 68.3 Å². The molecule has 11 nitrogen and oxygen atoms in total. The summed E-state index contributed by atoms with van der Waals surface area (Å²) in [6.07, 6.45) is 9.20. The van der Waals surface area contributed by atoms with Gasteiger partial charge in [-0.1, -0.05) is 48.5 Å². The summed E-state index contributed by atoms with van der Waals surface area (Å²) < 4.78 is 23.5. The van der Waals surface area contributed by atoms with Crippen molar-refractivity contribution in [2.45, 2.75) is 83.3 Å². The number of hydrogen-bond acceptors (Lipinski definition) is 11. The van der Waals surface area contributed by atoms with Crippen molar-refractivity contribution >= 4 is 30.6 Å². The van der Waals surface area contributed by atoms with Crippen molar-refractivity contribution in [2.75, 3.05) is 45.9 Å². The Morgan fingerprint density at radius 1 is 0.724 bits per heavy atom. The lowest BCUT2D eigenvalue weighted by molar-refractivity contribution is -0.134. The first-order chi connectivity index (χ1) is 27.2. The maximum absolute atomic E-state index is 11.9. The van der Waals surface area contributed by atoms with E-state index in [1.807, 2.05) is 24.3 Å². The van der Waals surface area contributed by atoms with Crippen LogP contribution in [0.2, 0.25) is 0 Å². The molecule has 0 radical (unpaired) electrons. The van der Waals surface area contributed by atoms with Gasteiger partial charge < -0.3 is 29.8 Å². The normalized spacial score (nSPS) is 19.8. The molecule has 13 heteroatoms. The highest BCUT2D eigenvalue weighted by Crippen LogP contribution is 2.35. The Labute approximate surface area is 356 Å². The lowest BCUT2D eigenvalue weighted by Gasteiger charge is -2.32. The van der Waals surface area contributed by atoms with Crippen LogP contribution in [0.15, 0.2) is 85.2 Å². The van der Waals surface area contributed by atoms with Gasteiger partial charge in [-0.15, -0.1) is 24.8 Å². The SMILES string of the molecule is CC(C)(O)C(=O)CCC1CCN(Cc2ccc([C@H]3COc4cccnc4O3)cc2)CC1.Cl.Cl.NCC1CCN(Cc2ccc([C@H]3COc4cccnc4O3)cc2)CC1.[HH]. The van der Waals surface area contributed by atoms with Crippen LogP contribution < -0.4 is 24.7 Å². The summed E-state index contributed by atoms with van der Waals surface area (Å²) in [5, 5.41) is 9.79. The molecule has 0 spiro atoms. The number of fused-ring (bicyclic) bond motifs is 2. The molecule has 2 saturated heterocycles. The summed E-state index contributed by atoms with van der Waals surface area (Å²) in [6.45, 7) is 11.3. The average molecular weight is 839 g/mol. The molecule has 2 fully saturated rings. The summed E-state index contributed by atoms with van der Waals surface area (Å²) >= 11 is 0. The number of aliphatic hydroxyl groups is 1. The third-order valence-electron chi connectivity index (χ3n) is 11.5. The number of ketones is 1. The molecule has 3 N–H and O–H groups in total. The fourth-order valence-corrected chi connectivity index (χ4v) is 7.79. The van der Waals surface area contributed by atoms with Crippen LogP contribution in [-0.4, -0.2) is 82.2 Å². The van der Waals surface area contributed by atoms with Crippen molar-refractivity contribution in [3.05, 3.63) is 107 Å². The van der Waals surface area contributed by atoms with Crippen molar-refractivity contribution in [1.82, 2.24) is 19.8 Å². The lowest BCUT2D eigenvalue weighted by atomic mass is 9.88. The molecule has 316 valence electrons. The van der Waals surface area contributed by atoms with Crippen LogP contribution in [0.3, 0.4) is 0 Å². The van der Waals surface area contributed by atoms with E-state index in [0.717, 1.165) is 82.0 Å². The molecular weight excluding hydrogens is 777 g/mol. The van der Waals surface area contributed by atoms with Crippen LogP contribution in [0.1, 0.15) is 88.3 Å². The number of carbonyl (C=O) groups is 1. The number of aromatic nitrogens is 2. The zero-order valence-electron chi connectivity index (χ0n) is 33.7. The highest BCUT2D eigenvalue weighted by molar-refractivity contribution is 5.86. The van der Waals surface area contributed by atoms with E-state index in [0.29, 0.717) is 49.0 Å². The fourth-order valence-electron chi connectivity index (χ4n) is 7.79. The number of nitrogens with two attached hydrogens (primary N) is 1. The van der Waals surface area contributed by atoms with Gasteiger partial charge in [-0.25, -0.2) is 9.97 Å². The van der Waals surface area contributed by atoms with Gasteiger partial charge in [0.25, 0.3) is 11.8 Å². The number of hydrogen-bond donors (Lipinski definition) is 2. The first kappa shape index (κ1) is 45.1. The molecule has 0 amide bonds. The zero-order chi connectivity index (χ0) is 38.9. The van der Waals surface area contributed by atoms with E-state index in [1.165, 1.54) is 24.0 Å². The number of ether oxygens (including phenoxy) is 4. The Morgan fingerprint density at radius 2 is 1.16 bits per heavy atom. The molecule has 4 aliphatic rings. The van der Waals surface area contributed by atoms with Crippen LogP contribution in [0.4, 0.5) is 0 Å². The van der Waals surface area contributed by atoms with Crippen molar-refractivity contribution in [2.24, 2.45) is 17.6 Å². The molecule has 8 rings (SSSR count). The summed E-state index contributed by atoms with van der Waals surface area (Å²) in [7, 11) is 0. The monoisotopic (exact) mass is 837 g/mol. The number of nitrogens with zero attached hydrogens (tertiary/aromatic N) is 4. The Bertz CT molecular complexity index is 1870. The Balaban J connectivity index is 0.000000253. The molecule has 0 bridgehead atoms. The van der Waals surface area contributed by atoms with E-state index in [-0.39, 0.29) is 44.2 Å². The molecule has 4 aliphatic heterocycles. The molecule has 2 aromatic heterocycles. The van der Waals surface area contributed by atoms with Gasteiger partial charge in [-0.05, 0) is 137 Å². The van der Waals surface area contributed by atoms with Gasteiger partial charge in [0, 0.05) is 33.3 Å². The van der Waals surface area contributed by atoms with Gasteiger partial charge in [0.15, 0.2) is 29.5 Å². The topological polar surface area (TPSA) is 132 Å². The molecule has 0 unspecified atom stereocenters. The number of Topliss-reactive ketones (excluding diaryl/α,β-unsaturated/α-hetero) is 1. The van der Waals surface area contributed by atoms with Gasteiger partial charge in [0.2, 0.25) is 0 Å². The summed E-state index contributed by atoms with van der Waals surface area (Å²) in [5.74, 6) is 3.77. The maximum atomic E-state index is 11.9. The first-order valence-electron chi connectivity index (χ1n) is 20.3. The second-order valence-corrected chi connectivity index (χ2v) is 16.1. The third kappa shape index (κ3) is 12.3. The predicted molar refractivity (Wildman–Crippen MR) is 231 cm³/mol. The Kier molecular flexibility index (Phi) is 16.6. The van der Waals surface area contributed by atoms with Gasteiger partial charge in [-0.3, -0.25) is 14.6 Å². The van der Waals surface area contributed by atoms with Gasteiger partial charge in [0.1, 0.15) is 18.8 Å². The van der Waals surface area contributed by atoms with Crippen molar-refractivity contribution in [1.29, 1.82) is 0 Å². The van der Waals surface area contributed by atoms with Gasteiger partial charge >= 0.3 is 0 Å². The second-order valence-electron chi connectivity index (χ2n) is 16.1. The second kappa shape index (κ2) is 21.3. The fraction of sp³-hybridized carbons (Fsp3) is 0.489. The molecule has 2 atom stereocenters. The summed E-state index contributed by atoms with van der Waals surface area (Å²) in [6, 6.07) is 24.7. The van der Waals surface area contributed by atoms with Crippen molar-refractivity contribution < 1.29 is 30.3 Å². The highest BCUT2D eigenvalue weighted by atomic mass is 35.5. The standard InChI is InChI=1S/C25H32N2O4.C20H25N3O2.2ClH.H2/c1-25(2,29)23(28)10-7-18-11-14-27(15-12-18)16-19-5-8-20(9-6-19)22-17-30-21-4-3-13-26-24(21)31-22;21-12-15-7-10-23(11-8-15)13-16-3-5-17(6-4-16)19-14-24-18-2-1-9-22-20(18)25-19;;;/h3-6,8-9,13,18,22,29H,7,10-12,14-17H2,1-2H3;1-6,9,15,19H,7-8,10-14,21H2;3*1H/t22-;19-;;;/m11.../s1. The van der Waals surface area contributed by atoms with Crippen LogP contribution in [0.5, 0.6) is 23.3 Å². The van der Waals surface area contributed by atoms with Crippen LogP contribution in [0.25, 0.3) is 0 Å². The number of benzene rings is 2. The van der Waals surface area contributed by atoms with Crippen LogP contribution >= 0.6 is 24.8 Å². The van der Waals surface area contributed by atoms with Crippen molar-refractivity contribution in [3.8, 4) is 23.3 Å².